The van der Waals surface area contributed by atoms with Gasteiger partial charge in [0.15, 0.2) is 0 Å². The number of carbonyl (C=O) groups excluding carboxylic acids is 1. The topological polar surface area (TPSA) is 60.9 Å². The molecule has 1 amide bonds. The lowest BCUT2D eigenvalue weighted by molar-refractivity contribution is 0.0769. The molecule has 6 nitrogen and oxygen atoms in total. The Labute approximate surface area is 145 Å². The molecule has 0 bridgehead atoms. The molecule has 1 aromatic rings. The molecule has 128 valence electrons. The van der Waals surface area contributed by atoms with Crippen LogP contribution in [0, 0.1) is 0 Å². The summed E-state index contributed by atoms with van der Waals surface area (Å²) in [4.78, 5) is 14.8. The van der Waals surface area contributed by atoms with Crippen molar-refractivity contribution >= 4 is 39.1 Å². The molecular formula is C14H20ClN3O3S2. The molecule has 2 fully saturated rings. The summed E-state index contributed by atoms with van der Waals surface area (Å²) in [5, 5.41) is 0. The van der Waals surface area contributed by atoms with Crippen molar-refractivity contribution in [2.24, 2.45) is 0 Å². The average Bonchev–Trinajstić information content (AvgIpc) is 3.13. The first kappa shape index (κ1) is 17.2. The molecule has 23 heavy (non-hydrogen) atoms. The second-order valence-electron chi connectivity index (χ2n) is 5.76. The first-order valence-corrected chi connectivity index (χ1v) is 10.4. The second-order valence-corrected chi connectivity index (χ2v) is 9.41. The van der Waals surface area contributed by atoms with Crippen LogP contribution in [0.4, 0.5) is 0 Å². The van der Waals surface area contributed by atoms with Crippen LogP contribution in [-0.2, 0) is 10.2 Å². The number of nitrogens with zero attached hydrogens (tertiary/aromatic N) is 3. The van der Waals surface area contributed by atoms with E-state index in [2.05, 4.69) is 0 Å². The maximum atomic E-state index is 12.6. The third-order valence-electron chi connectivity index (χ3n) is 4.24. The van der Waals surface area contributed by atoms with Gasteiger partial charge in [-0.15, -0.1) is 11.3 Å². The molecule has 0 unspecified atom stereocenters. The molecule has 0 aromatic carbocycles. The van der Waals surface area contributed by atoms with Gasteiger partial charge < -0.3 is 4.90 Å². The Hall–Kier alpha value is -0.670. The van der Waals surface area contributed by atoms with Crippen LogP contribution in [0.15, 0.2) is 12.1 Å². The van der Waals surface area contributed by atoms with Gasteiger partial charge in [0.1, 0.15) is 0 Å². The minimum atomic E-state index is -3.38. The number of carbonyl (C=O) groups is 1. The van der Waals surface area contributed by atoms with Gasteiger partial charge in [0, 0.05) is 39.3 Å². The smallest absolute Gasteiger partial charge is 0.282 e. The third-order valence-corrected chi connectivity index (χ3v) is 7.50. The minimum absolute atomic E-state index is 0.0673. The fraction of sp³-hybridized carbons (Fsp3) is 0.643. The average molecular weight is 378 g/mol. The summed E-state index contributed by atoms with van der Waals surface area (Å²) in [5.74, 6) is -0.0673. The van der Waals surface area contributed by atoms with Gasteiger partial charge in [-0.2, -0.15) is 17.0 Å². The summed E-state index contributed by atoms with van der Waals surface area (Å²) < 4.78 is 28.9. The van der Waals surface area contributed by atoms with Gasteiger partial charge in [0.05, 0.1) is 9.21 Å². The predicted molar refractivity (Wildman–Crippen MR) is 91.1 cm³/mol. The SMILES string of the molecule is O=C(c1ccc(Cl)s1)N1CCCN(S(=O)(=O)N2CCCC2)CC1. The highest BCUT2D eigenvalue weighted by Gasteiger charge is 2.33. The van der Waals surface area contributed by atoms with Crippen LogP contribution in [0.3, 0.4) is 0 Å². The van der Waals surface area contributed by atoms with E-state index in [9.17, 15) is 13.2 Å². The Balaban J connectivity index is 1.66. The monoisotopic (exact) mass is 377 g/mol. The van der Waals surface area contributed by atoms with Gasteiger partial charge in [0.25, 0.3) is 16.1 Å². The van der Waals surface area contributed by atoms with Crippen LogP contribution in [-0.4, -0.2) is 67.1 Å². The molecule has 2 saturated heterocycles. The first-order chi connectivity index (χ1) is 11.0. The van der Waals surface area contributed by atoms with E-state index in [0.29, 0.717) is 54.9 Å². The molecule has 3 heterocycles. The highest BCUT2D eigenvalue weighted by molar-refractivity contribution is 7.86. The summed E-state index contributed by atoms with van der Waals surface area (Å²) in [6.45, 7) is 3.02. The van der Waals surface area contributed by atoms with E-state index in [-0.39, 0.29) is 5.91 Å². The highest BCUT2D eigenvalue weighted by atomic mass is 35.5. The third kappa shape index (κ3) is 3.71. The molecule has 9 heteroatoms. The number of hydrogen-bond donors (Lipinski definition) is 0. The fourth-order valence-corrected chi connectivity index (χ4v) is 5.72. The van der Waals surface area contributed by atoms with Gasteiger partial charge in [-0.05, 0) is 31.4 Å². The van der Waals surface area contributed by atoms with E-state index in [1.54, 1.807) is 21.3 Å². The first-order valence-electron chi connectivity index (χ1n) is 7.78. The molecule has 1 aromatic heterocycles. The molecule has 0 spiro atoms. The van der Waals surface area contributed by atoms with E-state index in [1.165, 1.54) is 15.6 Å². The van der Waals surface area contributed by atoms with Gasteiger partial charge in [-0.1, -0.05) is 11.6 Å². The van der Waals surface area contributed by atoms with Gasteiger partial charge >= 0.3 is 0 Å². The van der Waals surface area contributed by atoms with E-state index < -0.39 is 10.2 Å². The number of hydrogen-bond acceptors (Lipinski definition) is 4. The molecule has 0 atom stereocenters. The minimum Gasteiger partial charge on any atom is -0.337 e. The zero-order valence-electron chi connectivity index (χ0n) is 12.8. The number of amides is 1. The van der Waals surface area contributed by atoms with Crippen LogP contribution in [0.25, 0.3) is 0 Å². The molecule has 0 aliphatic carbocycles. The molecule has 0 saturated carbocycles. The predicted octanol–water partition coefficient (Wildman–Crippen LogP) is 1.89. The quantitative estimate of drug-likeness (QED) is 0.808. The Bertz CT molecular complexity index is 671. The van der Waals surface area contributed by atoms with Crippen molar-refractivity contribution < 1.29 is 13.2 Å². The molecule has 0 radical (unpaired) electrons. The van der Waals surface area contributed by atoms with Crippen LogP contribution in [0.5, 0.6) is 0 Å². The lowest BCUT2D eigenvalue weighted by Crippen LogP contribution is -2.44. The Kier molecular flexibility index (Phi) is 5.27. The van der Waals surface area contributed by atoms with E-state index in [4.69, 9.17) is 11.6 Å². The standard InChI is InChI=1S/C14H20ClN3O3S2/c15-13-5-4-12(22-13)14(19)16-6-3-9-18(11-10-16)23(20,21)17-7-1-2-8-17/h4-5H,1-3,6-11H2. The van der Waals surface area contributed by atoms with Crippen molar-refractivity contribution in [2.45, 2.75) is 19.3 Å². The van der Waals surface area contributed by atoms with Crippen LogP contribution < -0.4 is 0 Å². The normalized spacial score (nSPS) is 21.5. The Morgan fingerprint density at radius 2 is 1.61 bits per heavy atom. The van der Waals surface area contributed by atoms with Gasteiger partial charge in [0.2, 0.25) is 0 Å². The lowest BCUT2D eigenvalue weighted by atomic mass is 10.3. The zero-order valence-corrected chi connectivity index (χ0v) is 15.2. The largest absolute Gasteiger partial charge is 0.337 e. The summed E-state index contributed by atoms with van der Waals surface area (Å²) in [6, 6.07) is 3.43. The molecule has 3 rings (SSSR count). The summed E-state index contributed by atoms with van der Waals surface area (Å²) in [5.41, 5.74) is 0. The lowest BCUT2D eigenvalue weighted by Gasteiger charge is -2.26. The van der Waals surface area contributed by atoms with Crippen molar-refractivity contribution in [1.29, 1.82) is 0 Å². The van der Waals surface area contributed by atoms with Crippen molar-refractivity contribution in [3.05, 3.63) is 21.3 Å². The second kappa shape index (κ2) is 7.06. The Morgan fingerprint density at radius 3 is 2.26 bits per heavy atom. The number of thiophene rings is 1. The fourth-order valence-electron chi connectivity index (χ4n) is 2.99. The summed E-state index contributed by atoms with van der Waals surface area (Å²) >= 11 is 7.14. The van der Waals surface area contributed by atoms with Crippen molar-refractivity contribution in [3.8, 4) is 0 Å². The molecule has 2 aliphatic heterocycles. The maximum absolute atomic E-state index is 12.6. The van der Waals surface area contributed by atoms with Crippen LogP contribution >= 0.6 is 22.9 Å². The van der Waals surface area contributed by atoms with Crippen molar-refractivity contribution in [1.82, 2.24) is 13.5 Å². The number of halogens is 1. The van der Waals surface area contributed by atoms with Crippen molar-refractivity contribution in [3.63, 3.8) is 0 Å². The van der Waals surface area contributed by atoms with E-state index >= 15 is 0 Å². The zero-order chi connectivity index (χ0) is 16.4. The highest BCUT2D eigenvalue weighted by Crippen LogP contribution is 2.24. The summed E-state index contributed by atoms with van der Waals surface area (Å²) in [6.07, 6.45) is 2.51. The van der Waals surface area contributed by atoms with Gasteiger partial charge in [-0.25, -0.2) is 0 Å². The van der Waals surface area contributed by atoms with Crippen molar-refractivity contribution in [2.75, 3.05) is 39.3 Å². The van der Waals surface area contributed by atoms with Crippen LogP contribution in [0.1, 0.15) is 28.9 Å². The maximum Gasteiger partial charge on any atom is 0.282 e. The van der Waals surface area contributed by atoms with Gasteiger partial charge in [-0.3, -0.25) is 4.79 Å². The van der Waals surface area contributed by atoms with E-state index in [0.717, 1.165) is 12.8 Å². The Morgan fingerprint density at radius 1 is 0.957 bits per heavy atom. The molecule has 2 aliphatic rings. The molecular weight excluding hydrogens is 358 g/mol. The van der Waals surface area contributed by atoms with E-state index in [1.807, 2.05) is 0 Å². The molecule has 0 N–H and O–H groups in total. The summed E-state index contributed by atoms with van der Waals surface area (Å²) in [7, 11) is -3.38. The van der Waals surface area contributed by atoms with Crippen LogP contribution in [0.2, 0.25) is 4.34 Å². The number of rotatable bonds is 3.